The van der Waals surface area contributed by atoms with E-state index >= 15 is 0 Å². The molecule has 0 spiro atoms. The molecule has 3 aromatic rings. The fraction of sp³-hybridized carbons (Fsp3) is 0.316. The summed E-state index contributed by atoms with van der Waals surface area (Å²) in [6.45, 7) is 4.17. The van der Waals surface area contributed by atoms with Crippen LogP contribution in [0.25, 0.3) is 11.0 Å². The Morgan fingerprint density at radius 1 is 0.962 bits per heavy atom. The predicted octanol–water partition coefficient (Wildman–Crippen LogP) is 3.90. The van der Waals surface area contributed by atoms with Crippen molar-refractivity contribution in [3.8, 4) is 0 Å². The molecular formula is C19H19F3N4. The molecule has 1 saturated heterocycles. The zero-order valence-corrected chi connectivity index (χ0v) is 14.1. The summed E-state index contributed by atoms with van der Waals surface area (Å²) in [5, 5.41) is 1.11. The van der Waals surface area contributed by atoms with Gasteiger partial charge in [0, 0.05) is 56.2 Å². The van der Waals surface area contributed by atoms with Gasteiger partial charge in [0.05, 0.1) is 5.56 Å². The molecule has 1 fully saturated rings. The van der Waals surface area contributed by atoms with Crippen LogP contribution in [-0.2, 0) is 12.7 Å². The molecule has 0 atom stereocenters. The van der Waals surface area contributed by atoms with Gasteiger partial charge in [0.2, 0.25) is 0 Å². The second-order valence-electron chi connectivity index (χ2n) is 6.53. The van der Waals surface area contributed by atoms with E-state index in [1.54, 1.807) is 12.1 Å². The molecule has 4 rings (SSSR count). The van der Waals surface area contributed by atoms with Crippen molar-refractivity contribution in [1.82, 2.24) is 14.9 Å². The zero-order valence-electron chi connectivity index (χ0n) is 14.1. The number of pyridine rings is 1. The number of fused-ring (bicyclic) bond motifs is 1. The summed E-state index contributed by atoms with van der Waals surface area (Å²) < 4.78 is 37.9. The number of hydrogen-bond donors (Lipinski definition) is 1. The number of aromatic amines is 1. The largest absolute Gasteiger partial charge is 0.416 e. The summed E-state index contributed by atoms with van der Waals surface area (Å²) >= 11 is 0. The molecule has 0 aliphatic carbocycles. The summed E-state index contributed by atoms with van der Waals surface area (Å²) in [5.41, 5.74) is 2.36. The third-order valence-electron chi connectivity index (χ3n) is 4.84. The number of alkyl halides is 3. The Morgan fingerprint density at radius 3 is 2.38 bits per heavy atom. The molecule has 1 aromatic carbocycles. The number of anilines is 1. The van der Waals surface area contributed by atoms with Crippen molar-refractivity contribution in [2.75, 3.05) is 31.1 Å². The van der Waals surface area contributed by atoms with Crippen LogP contribution in [0.4, 0.5) is 18.9 Å². The highest BCUT2D eigenvalue weighted by atomic mass is 19.4. The van der Waals surface area contributed by atoms with Crippen LogP contribution in [0, 0.1) is 0 Å². The number of nitrogens with one attached hydrogen (secondary N) is 1. The van der Waals surface area contributed by atoms with Gasteiger partial charge in [-0.1, -0.05) is 12.1 Å². The van der Waals surface area contributed by atoms with Crippen molar-refractivity contribution < 1.29 is 13.2 Å². The van der Waals surface area contributed by atoms with E-state index in [9.17, 15) is 13.2 Å². The minimum Gasteiger partial charge on any atom is -0.368 e. The van der Waals surface area contributed by atoms with E-state index < -0.39 is 11.7 Å². The van der Waals surface area contributed by atoms with Gasteiger partial charge in [-0.3, -0.25) is 4.90 Å². The second-order valence-corrected chi connectivity index (χ2v) is 6.53. The molecule has 1 aliphatic heterocycles. The van der Waals surface area contributed by atoms with E-state index in [-0.39, 0.29) is 0 Å². The van der Waals surface area contributed by atoms with Crippen LogP contribution in [0.3, 0.4) is 0 Å². The Labute approximate surface area is 149 Å². The quantitative estimate of drug-likeness (QED) is 0.769. The molecule has 136 valence electrons. The van der Waals surface area contributed by atoms with Crippen molar-refractivity contribution >= 4 is 16.7 Å². The van der Waals surface area contributed by atoms with Gasteiger partial charge in [-0.2, -0.15) is 13.2 Å². The topological polar surface area (TPSA) is 35.2 Å². The first-order chi connectivity index (χ1) is 12.5. The van der Waals surface area contributed by atoms with E-state index in [0.29, 0.717) is 6.54 Å². The third kappa shape index (κ3) is 3.39. The SMILES string of the molecule is FC(F)(F)c1ccc(CN2CCN(c3ccnc4[nH]ccc34)CC2)cc1. The number of benzene rings is 1. The number of nitrogens with zero attached hydrogens (tertiary/aromatic N) is 3. The lowest BCUT2D eigenvalue weighted by atomic mass is 10.1. The number of aromatic nitrogens is 2. The van der Waals surface area contributed by atoms with Crippen molar-refractivity contribution in [1.29, 1.82) is 0 Å². The Morgan fingerprint density at radius 2 is 1.69 bits per heavy atom. The molecule has 3 heterocycles. The number of rotatable bonds is 3. The fourth-order valence-electron chi connectivity index (χ4n) is 3.43. The number of halogens is 3. The van der Waals surface area contributed by atoms with Crippen molar-refractivity contribution in [3.05, 3.63) is 59.9 Å². The normalized spacial score (nSPS) is 16.3. The van der Waals surface area contributed by atoms with Gasteiger partial charge in [0.15, 0.2) is 0 Å². The smallest absolute Gasteiger partial charge is 0.368 e. The summed E-state index contributed by atoms with van der Waals surface area (Å²) in [4.78, 5) is 12.1. The molecule has 0 saturated carbocycles. The molecule has 0 bridgehead atoms. The first-order valence-corrected chi connectivity index (χ1v) is 8.56. The highest BCUT2D eigenvalue weighted by molar-refractivity contribution is 5.89. The van der Waals surface area contributed by atoms with E-state index in [2.05, 4.69) is 19.8 Å². The van der Waals surface area contributed by atoms with Crippen LogP contribution in [0.15, 0.2) is 48.8 Å². The lowest BCUT2D eigenvalue weighted by molar-refractivity contribution is -0.137. The maximum absolute atomic E-state index is 12.6. The first-order valence-electron chi connectivity index (χ1n) is 8.56. The summed E-state index contributed by atoms with van der Waals surface area (Å²) in [6, 6.07) is 9.52. The Kier molecular flexibility index (Phi) is 4.32. The average molecular weight is 360 g/mol. The summed E-state index contributed by atoms with van der Waals surface area (Å²) in [6.07, 6.45) is -0.580. The summed E-state index contributed by atoms with van der Waals surface area (Å²) in [5.74, 6) is 0. The number of piperazine rings is 1. The number of hydrogen-bond acceptors (Lipinski definition) is 3. The Bertz CT molecular complexity index is 878. The Balaban J connectivity index is 1.39. The van der Waals surface area contributed by atoms with Gasteiger partial charge >= 0.3 is 6.18 Å². The molecule has 7 heteroatoms. The molecular weight excluding hydrogens is 341 g/mol. The van der Waals surface area contributed by atoms with E-state index in [1.165, 1.54) is 5.69 Å². The monoisotopic (exact) mass is 360 g/mol. The van der Waals surface area contributed by atoms with Crippen molar-refractivity contribution in [2.45, 2.75) is 12.7 Å². The predicted molar refractivity (Wildman–Crippen MR) is 95.0 cm³/mol. The summed E-state index contributed by atoms with van der Waals surface area (Å²) in [7, 11) is 0. The highest BCUT2D eigenvalue weighted by Crippen LogP contribution is 2.29. The van der Waals surface area contributed by atoms with Crippen LogP contribution in [-0.4, -0.2) is 41.0 Å². The molecule has 0 amide bonds. The second kappa shape index (κ2) is 6.64. The van der Waals surface area contributed by atoms with Crippen LogP contribution in [0.1, 0.15) is 11.1 Å². The lowest BCUT2D eigenvalue weighted by Gasteiger charge is -2.36. The van der Waals surface area contributed by atoms with E-state index in [0.717, 1.165) is 54.9 Å². The highest BCUT2D eigenvalue weighted by Gasteiger charge is 2.30. The number of H-pyrrole nitrogens is 1. The Hall–Kier alpha value is -2.54. The van der Waals surface area contributed by atoms with Crippen molar-refractivity contribution in [3.63, 3.8) is 0 Å². The van der Waals surface area contributed by atoms with Crippen molar-refractivity contribution in [2.24, 2.45) is 0 Å². The van der Waals surface area contributed by atoms with Crippen LogP contribution < -0.4 is 4.90 Å². The van der Waals surface area contributed by atoms with E-state index in [4.69, 9.17) is 0 Å². The minimum atomic E-state index is -4.28. The molecule has 4 nitrogen and oxygen atoms in total. The van der Waals surface area contributed by atoms with Gasteiger partial charge in [0.25, 0.3) is 0 Å². The van der Waals surface area contributed by atoms with E-state index in [1.807, 2.05) is 24.5 Å². The third-order valence-corrected chi connectivity index (χ3v) is 4.84. The molecule has 0 radical (unpaired) electrons. The molecule has 0 unspecified atom stereocenters. The average Bonchev–Trinajstić information content (AvgIpc) is 3.11. The maximum atomic E-state index is 12.6. The van der Waals surface area contributed by atoms with Crippen LogP contribution >= 0.6 is 0 Å². The van der Waals surface area contributed by atoms with Gasteiger partial charge in [0.1, 0.15) is 5.65 Å². The zero-order chi connectivity index (χ0) is 18.1. The lowest BCUT2D eigenvalue weighted by Crippen LogP contribution is -2.46. The van der Waals surface area contributed by atoms with Crippen LogP contribution in [0.2, 0.25) is 0 Å². The molecule has 1 N–H and O–H groups in total. The standard InChI is InChI=1S/C19H19F3N4/c20-19(21,22)15-3-1-14(2-4-15)13-25-9-11-26(12-10-25)17-6-8-24-18-16(17)5-7-23-18/h1-8H,9-13H2,(H,23,24). The van der Waals surface area contributed by atoms with Gasteiger partial charge in [-0.25, -0.2) is 4.98 Å². The van der Waals surface area contributed by atoms with Crippen LogP contribution in [0.5, 0.6) is 0 Å². The van der Waals surface area contributed by atoms with Gasteiger partial charge in [-0.05, 0) is 29.8 Å². The first kappa shape index (κ1) is 16.9. The fourth-order valence-corrected chi connectivity index (χ4v) is 3.43. The minimum absolute atomic E-state index is 0.598. The molecule has 2 aromatic heterocycles. The van der Waals surface area contributed by atoms with Gasteiger partial charge in [-0.15, -0.1) is 0 Å². The molecule has 1 aliphatic rings. The van der Waals surface area contributed by atoms with Gasteiger partial charge < -0.3 is 9.88 Å². The molecule has 26 heavy (non-hydrogen) atoms. The maximum Gasteiger partial charge on any atom is 0.416 e.